The van der Waals surface area contributed by atoms with Crippen molar-refractivity contribution in [2.75, 3.05) is 43.4 Å². The Hall–Kier alpha value is -3.79. The molecule has 1 fully saturated rings. The number of nitrogens with one attached hydrogen (secondary N) is 1. The largest absolute Gasteiger partial charge is 0.353 e. The fraction of sp³-hybridized carbons (Fsp3) is 0.286. The Morgan fingerprint density at radius 3 is 2.77 bits per heavy atom. The molecule has 1 aliphatic heterocycles. The first-order chi connectivity index (χ1) is 16.3. The average Bonchev–Trinajstić information content (AvgIpc) is 3.44. The van der Waals surface area contributed by atoms with E-state index < -0.39 is 6.85 Å². The van der Waals surface area contributed by atoms with Gasteiger partial charge >= 0.3 is 0 Å². The number of amides is 1. The van der Waals surface area contributed by atoms with Crippen LogP contribution in [0.3, 0.4) is 0 Å². The number of carbonyl (C=O) groups excluding carboxylic acids is 1. The van der Waals surface area contributed by atoms with Gasteiger partial charge in [0.05, 0.1) is 6.20 Å². The highest BCUT2D eigenvalue weighted by atomic mass is 16.1. The van der Waals surface area contributed by atoms with Gasteiger partial charge in [-0.05, 0) is 31.6 Å². The summed E-state index contributed by atoms with van der Waals surface area (Å²) in [7, 11) is 2.07. The van der Waals surface area contributed by atoms with Gasteiger partial charge in [-0.1, -0.05) is 6.07 Å². The standard InChI is InChI=1S/C21H23N9O/c1-15-4-5-17(23-13-15)30-18(12-19(26-30)28-10-8-27(2)9-11-28)25-21(31)16-14-24-29-7-3-6-22-20(16)29/h3-7,12-14H,8-11H2,1-2H3,(H,25,31)/i1D3. The molecule has 10 nitrogen and oxygen atoms in total. The molecule has 1 N–H and O–H groups in total. The summed E-state index contributed by atoms with van der Waals surface area (Å²) in [5, 5.41) is 11.8. The van der Waals surface area contributed by atoms with Gasteiger partial charge in [-0.15, -0.1) is 5.10 Å². The summed E-state index contributed by atoms with van der Waals surface area (Å²) in [6.07, 6.45) is 6.08. The lowest BCUT2D eigenvalue weighted by molar-refractivity contribution is 0.102. The quantitative estimate of drug-likeness (QED) is 0.536. The van der Waals surface area contributed by atoms with Gasteiger partial charge in [0.1, 0.15) is 11.4 Å². The number of hydrogen-bond donors (Lipinski definition) is 1. The van der Waals surface area contributed by atoms with Crippen LogP contribution >= 0.6 is 0 Å². The molecule has 0 unspecified atom stereocenters. The molecule has 0 bridgehead atoms. The molecule has 0 aromatic carbocycles. The highest BCUT2D eigenvalue weighted by Crippen LogP contribution is 2.24. The molecule has 158 valence electrons. The van der Waals surface area contributed by atoms with E-state index in [4.69, 9.17) is 4.11 Å². The fourth-order valence-electron chi connectivity index (χ4n) is 3.50. The molecule has 0 spiro atoms. The number of aromatic nitrogens is 6. The molecule has 31 heavy (non-hydrogen) atoms. The molecule has 4 aromatic heterocycles. The highest BCUT2D eigenvalue weighted by Gasteiger charge is 2.22. The van der Waals surface area contributed by atoms with Crippen molar-refractivity contribution in [3.05, 3.63) is 60.2 Å². The van der Waals surface area contributed by atoms with E-state index in [1.165, 1.54) is 27.7 Å². The number of fused-ring (bicyclic) bond motifs is 1. The third kappa shape index (κ3) is 3.73. The van der Waals surface area contributed by atoms with Gasteiger partial charge in [-0.3, -0.25) is 4.79 Å². The average molecular weight is 420 g/mol. The Balaban J connectivity index is 1.50. The van der Waals surface area contributed by atoms with Gasteiger partial charge in [0.2, 0.25) is 0 Å². The summed E-state index contributed by atoms with van der Waals surface area (Å²) in [6.45, 7) is 1.13. The molecule has 0 atom stereocenters. The Morgan fingerprint density at radius 1 is 1.13 bits per heavy atom. The Morgan fingerprint density at radius 2 is 2.00 bits per heavy atom. The van der Waals surface area contributed by atoms with Gasteiger partial charge in [0.25, 0.3) is 5.91 Å². The summed E-state index contributed by atoms with van der Waals surface area (Å²) >= 11 is 0. The molecule has 5 heterocycles. The molecule has 1 saturated heterocycles. The van der Waals surface area contributed by atoms with Crippen LogP contribution in [0.15, 0.2) is 49.1 Å². The van der Waals surface area contributed by atoms with Gasteiger partial charge < -0.3 is 15.1 Å². The van der Waals surface area contributed by atoms with Gasteiger partial charge in [-0.25, -0.2) is 14.5 Å². The second kappa shape index (κ2) is 7.80. The van der Waals surface area contributed by atoms with Crippen LogP contribution in [0.25, 0.3) is 11.5 Å². The summed E-state index contributed by atoms with van der Waals surface area (Å²) in [4.78, 5) is 26.0. The van der Waals surface area contributed by atoms with Crippen molar-refractivity contribution in [3.8, 4) is 5.82 Å². The SMILES string of the molecule is [2H]C([2H])([2H])c1ccc(-n2nc(N3CCN(C)CC3)cc2NC(=O)c2cnn3cccnc23)nc1. The maximum absolute atomic E-state index is 13.1. The van der Waals surface area contributed by atoms with Crippen LogP contribution in [-0.4, -0.2) is 73.4 Å². The number of rotatable bonds is 4. The zero-order valence-corrected chi connectivity index (χ0v) is 16.9. The zero-order chi connectivity index (χ0) is 23.9. The molecule has 1 amide bonds. The molecular formula is C21H23N9O. The predicted octanol–water partition coefficient (Wildman–Crippen LogP) is 1.62. The van der Waals surface area contributed by atoms with Crippen molar-refractivity contribution in [2.24, 2.45) is 0 Å². The number of hydrogen-bond acceptors (Lipinski definition) is 7. The normalized spacial score (nSPS) is 16.7. The van der Waals surface area contributed by atoms with Crippen molar-refractivity contribution in [1.82, 2.24) is 34.3 Å². The number of carbonyl (C=O) groups is 1. The predicted molar refractivity (Wildman–Crippen MR) is 117 cm³/mol. The minimum Gasteiger partial charge on any atom is -0.353 e. The van der Waals surface area contributed by atoms with Gasteiger partial charge in [0, 0.05) is 54.9 Å². The molecule has 5 rings (SSSR count). The van der Waals surface area contributed by atoms with Crippen molar-refractivity contribution in [1.29, 1.82) is 0 Å². The number of likely N-dealkylation sites (N-methyl/N-ethyl adjacent to an activating group) is 1. The van der Waals surface area contributed by atoms with Crippen molar-refractivity contribution >= 4 is 23.2 Å². The van der Waals surface area contributed by atoms with Crippen LogP contribution in [-0.2, 0) is 0 Å². The number of pyridine rings is 1. The number of piperazine rings is 1. The molecule has 10 heteroatoms. The Labute approximate surface area is 183 Å². The maximum atomic E-state index is 13.1. The zero-order valence-electron chi connectivity index (χ0n) is 19.9. The third-order valence-electron chi connectivity index (χ3n) is 5.25. The van der Waals surface area contributed by atoms with E-state index in [9.17, 15) is 4.79 Å². The van der Waals surface area contributed by atoms with E-state index in [0.29, 0.717) is 28.7 Å². The van der Waals surface area contributed by atoms with Crippen molar-refractivity contribution < 1.29 is 8.91 Å². The van der Waals surface area contributed by atoms with Crippen LogP contribution in [0.5, 0.6) is 0 Å². The number of anilines is 2. The van der Waals surface area contributed by atoms with E-state index in [2.05, 4.69) is 42.3 Å². The third-order valence-corrected chi connectivity index (χ3v) is 5.25. The summed E-state index contributed by atoms with van der Waals surface area (Å²) in [5.74, 6) is 1.10. The fourth-order valence-corrected chi connectivity index (χ4v) is 3.50. The molecule has 1 aliphatic rings. The molecule has 0 saturated carbocycles. The van der Waals surface area contributed by atoms with E-state index in [1.54, 1.807) is 30.6 Å². The Kier molecular flexibility index (Phi) is 4.02. The lowest BCUT2D eigenvalue weighted by Crippen LogP contribution is -2.44. The minimum atomic E-state index is -2.26. The minimum absolute atomic E-state index is 0.130. The van der Waals surface area contributed by atoms with Crippen LogP contribution in [0.2, 0.25) is 0 Å². The van der Waals surface area contributed by atoms with Crippen LogP contribution in [0, 0.1) is 6.85 Å². The summed E-state index contributed by atoms with van der Waals surface area (Å²) in [6, 6.07) is 6.59. The van der Waals surface area contributed by atoms with E-state index in [0.717, 1.165) is 26.2 Å². The second-order valence-corrected chi connectivity index (χ2v) is 7.40. The topological polar surface area (TPSA) is 96.5 Å². The number of aryl methyl sites for hydroxylation is 1. The lowest BCUT2D eigenvalue weighted by Gasteiger charge is -2.32. The molecule has 0 aliphatic carbocycles. The second-order valence-electron chi connectivity index (χ2n) is 7.40. The summed E-state index contributed by atoms with van der Waals surface area (Å²) < 4.78 is 25.7. The van der Waals surface area contributed by atoms with Crippen molar-refractivity contribution in [3.63, 3.8) is 0 Å². The monoisotopic (exact) mass is 420 g/mol. The maximum Gasteiger partial charge on any atom is 0.262 e. The molecule has 4 aromatic rings. The van der Waals surface area contributed by atoms with E-state index >= 15 is 0 Å². The Bertz CT molecular complexity index is 1320. The van der Waals surface area contributed by atoms with E-state index in [1.807, 2.05) is 0 Å². The number of nitrogens with zero attached hydrogens (tertiary/aromatic N) is 8. The first-order valence-electron chi connectivity index (χ1n) is 11.4. The smallest absolute Gasteiger partial charge is 0.262 e. The van der Waals surface area contributed by atoms with Gasteiger partial charge in [0.15, 0.2) is 17.3 Å². The van der Waals surface area contributed by atoms with Crippen LogP contribution in [0.4, 0.5) is 11.6 Å². The highest BCUT2D eigenvalue weighted by molar-refractivity contribution is 6.08. The lowest BCUT2D eigenvalue weighted by atomic mass is 10.3. The summed E-state index contributed by atoms with van der Waals surface area (Å²) in [5.41, 5.74) is 0.886. The molecule has 0 radical (unpaired) electrons. The van der Waals surface area contributed by atoms with E-state index in [-0.39, 0.29) is 11.5 Å². The first-order valence-corrected chi connectivity index (χ1v) is 9.90. The molecular weight excluding hydrogens is 394 g/mol. The van der Waals surface area contributed by atoms with Crippen LogP contribution < -0.4 is 10.2 Å². The van der Waals surface area contributed by atoms with Gasteiger partial charge in [-0.2, -0.15) is 9.78 Å². The van der Waals surface area contributed by atoms with Crippen molar-refractivity contribution in [2.45, 2.75) is 6.85 Å². The first kappa shape index (κ1) is 16.0. The van der Waals surface area contributed by atoms with Crippen LogP contribution in [0.1, 0.15) is 20.0 Å².